The summed E-state index contributed by atoms with van der Waals surface area (Å²) in [6.45, 7) is 5.82. The second-order valence-electron chi connectivity index (χ2n) is 6.91. The number of rotatable bonds is 3. The van der Waals surface area contributed by atoms with Crippen LogP contribution in [-0.2, 0) is 11.3 Å². The molecule has 1 aromatic rings. The summed E-state index contributed by atoms with van der Waals surface area (Å²) in [4.78, 5) is 18.9. The highest BCUT2D eigenvalue weighted by Gasteiger charge is 2.41. The first-order chi connectivity index (χ1) is 11.0. The lowest BCUT2D eigenvalue weighted by molar-refractivity contribution is -0.129. The number of carbonyl (C=O) groups excluding carboxylic acids is 1. The number of hydrogen-bond acceptors (Lipinski definition) is 4. The standard InChI is InChI=1S/C16H26ClN5O/c1-19-6-5-16(4-3-15(19)23)13-21(8-7-20(16)2)9-10-22-12-14(17)11-18-22/h11-12H,3-10,13H2,1-2H3/t16-/m0/s1. The number of halogens is 1. The highest BCUT2D eigenvalue weighted by Crippen LogP contribution is 2.31. The Kier molecular flexibility index (Phi) is 4.94. The van der Waals surface area contributed by atoms with Gasteiger partial charge in [-0.3, -0.25) is 19.3 Å². The Labute approximate surface area is 143 Å². The van der Waals surface area contributed by atoms with Gasteiger partial charge >= 0.3 is 0 Å². The topological polar surface area (TPSA) is 44.6 Å². The Hall–Kier alpha value is -1.11. The number of nitrogens with zero attached hydrogens (tertiary/aromatic N) is 5. The smallest absolute Gasteiger partial charge is 0.222 e. The Balaban J connectivity index is 1.63. The second-order valence-corrected chi connectivity index (χ2v) is 7.35. The Morgan fingerprint density at radius 2 is 2.04 bits per heavy atom. The van der Waals surface area contributed by atoms with E-state index in [1.807, 2.05) is 22.8 Å². The van der Waals surface area contributed by atoms with Gasteiger partial charge in [0.2, 0.25) is 5.91 Å². The third-order valence-corrected chi connectivity index (χ3v) is 5.66. The van der Waals surface area contributed by atoms with Crippen molar-refractivity contribution in [3.05, 3.63) is 17.4 Å². The minimum absolute atomic E-state index is 0.125. The molecule has 0 aliphatic carbocycles. The zero-order valence-electron chi connectivity index (χ0n) is 14.0. The summed E-state index contributed by atoms with van der Waals surface area (Å²) in [6, 6.07) is 0. The Morgan fingerprint density at radius 3 is 2.78 bits per heavy atom. The molecule has 2 saturated heterocycles. The van der Waals surface area contributed by atoms with Gasteiger partial charge in [0.15, 0.2) is 0 Å². The number of piperazine rings is 1. The first-order valence-electron chi connectivity index (χ1n) is 8.34. The molecule has 7 heteroatoms. The lowest BCUT2D eigenvalue weighted by Crippen LogP contribution is -2.61. The summed E-state index contributed by atoms with van der Waals surface area (Å²) in [5.41, 5.74) is 0.125. The predicted molar refractivity (Wildman–Crippen MR) is 90.5 cm³/mol. The molecular formula is C16H26ClN5O. The number of carbonyl (C=O) groups is 1. The lowest BCUT2D eigenvalue weighted by atomic mass is 9.86. The molecule has 3 heterocycles. The molecule has 2 aliphatic rings. The Morgan fingerprint density at radius 1 is 1.22 bits per heavy atom. The molecule has 1 amide bonds. The third kappa shape index (κ3) is 3.70. The van der Waals surface area contributed by atoms with Gasteiger partial charge in [0.25, 0.3) is 0 Å². The normalized spacial score (nSPS) is 27.6. The van der Waals surface area contributed by atoms with E-state index in [9.17, 15) is 4.79 Å². The van der Waals surface area contributed by atoms with E-state index < -0.39 is 0 Å². The fraction of sp³-hybridized carbons (Fsp3) is 0.750. The van der Waals surface area contributed by atoms with E-state index in [0.29, 0.717) is 11.4 Å². The van der Waals surface area contributed by atoms with Crippen LogP contribution < -0.4 is 0 Å². The van der Waals surface area contributed by atoms with Crippen LogP contribution in [0.3, 0.4) is 0 Å². The van der Waals surface area contributed by atoms with Crippen molar-refractivity contribution < 1.29 is 4.79 Å². The molecule has 3 rings (SSSR count). The van der Waals surface area contributed by atoms with Crippen LogP contribution in [0.1, 0.15) is 19.3 Å². The van der Waals surface area contributed by atoms with Gasteiger partial charge in [-0.05, 0) is 19.9 Å². The van der Waals surface area contributed by atoms with Crippen molar-refractivity contribution in [3.8, 4) is 0 Å². The maximum Gasteiger partial charge on any atom is 0.222 e. The quantitative estimate of drug-likeness (QED) is 0.829. The first kappa shape index (κ1) is 16.7. The van der Waals surface area contributed by atoms with Gasteiger partial charge in [0.1, 0.15) is 0 Å². The second kappa shape index (κ2) is 6.79. The Bertz CT molecular complexity index is 562. The third-order valence-electron chi connectivity index (χ3n) is 5.47. The van der Waals surface area contributed by atoms with E-state index in [1.54, 1.807) is 6.20 Å². The number of amides is 1. The number of likely N-dealkylation sites (tertiary alicyclic amines) is 1. The predicted octanol–water partition coefficient (Wildman–Crippen LogP) is 1.16. The van der Waals surface area contributed by atoms with Crippen LogP contribution in [-0.4, -0.2) is 82.7 Å². The molecule has 0 bridgehead atoms. The number of aromatic nitrogens is 2. The zero-order chi connectivity index (χ0) is 16.4. The highest BCUT2D eigenvalue weighted by molar-refractivity contribution is 6.30. The van der Waals surface area contributed by atoms with Crippen LogP contribution in [0.2, 0.25) is 5.02 Å². The highest BCUT2D eigenvalue weighted by atomic mass is 35.5. The van der Waals surface area contributed by atoms with Gasteiger partial charge in [-0.1, -0.05) is 11.6 Å². The molecule has 1 spiro atoms. The summed E-state index contributed by atoms with van der Waals surface area (Å²) in [5, 5.41) is 4.94. The monoisotopic (exact) mass is 339 g/mol. The van der Waals surface area contributed by atoms with Crippen molar-refractivity contribution in [3.63, 3.8) is 0 Å². The average molecular weight is 340 g/mol. The fourth-order valence-electron chi connectivity index (χ4n) is 3.74. The largest absolute Gasteiger partial charge is 0.346 e. The minimum Gasteiger partial charge on any atom is -0.346 e. The summed E-state index contributed by atoms with van der Waals surface area (Å²) in [7, 11) is 4.13. The van der Waals surface area contributed by atoms with Gasteiger partial charge in [0.05, 0.1) is 17.8 Å². The van der Waals surface area contributed by atoms with Crippen LogP contribution in [0.5, 0.6) is 0 Å². The molecule has 128 valence electrons. The van der Waals surface area contributed by atoms with Crippen molar-refractivity contribution in [1.29, 1.82) is 0 Å². The van der Waals surface area contributed by atoms with Crippen molar-refractivity contribution in [1.82, 2.24) is 24.5 Å². The van der Waals surface area contributed by atoms with Crippen molar-refractivity contribution in [2.45, 2.75) is 31.3 Å². The van der Waals surface area contributed by atoms with Crippen LogP contribution in [0.4, 0.5) is 0 Å². The number of hydrogen-bond donors (Lipinski definition) is 0. The van der Waals surface area contributed by atoms with Gasteiger partial charge in [-0.2, -0.15) is 5.10 Å². The zero-order valence-corrected chi connectivity index (χ0v) is 14.8. The molecule has 2 aliphatic heterocycles. The van der Waals surface area contributed by atoms with E-state index in [1.165, 1.54) is 0 Å². The van der Waals surface area contributed by atoms with Crippen molar-refractivity contribution in [2.75, 3.05) is 46.8 Å². The van der Waals surface area contributed by atoms with Crippen LogP contribution >= 0.6 is 11.6 Å². The molecule has 0 unspecified atom stereocenters. The molecule has 0 N–H and O–H groups in total. The molecular weight excluding hydrogens is 314 g/mol. The van der Waals surface area contributed by atoms with Crippen LogP contribution in [0.15, 0.2) is 12.4 Å². The summed E-state index contributed by atoms with van der Waals surface area (Å²) < 4.78 is 1.90. The van der Waals surface area contributed by atoms with E-state index in [2.05, 4.69) is 21.9 Å². The maximum atomic E-state index is 12.0. The van der Waals surface area contributed by atoms with Crippen LogP contribution in [0.25, 0.3) is 0 Å². The summed E-state index contributed by atoms with van der Waals surface area (Å²) >= 11 is 5.92. The molecule has 0 aromatic carbocycles. The molecule has 0 saturated carbocycles. The van der Waals surface area contributed by atoms with Crippen molar-refractivity contribution in [2.24, 2.45) is 0 Å². The molecule has 2 fully saturated rings. The van der Waals surface area contributed by atoms with E-state index in [4.69, 9.17) is 11.6 Å². The first-order valence-corrected chi connectivity index (χ1v) is 8.72. The molecule has 1 aromatic heterocycles. The molecule has 6 nitrogen and oxygen atoms in total. The summed E-state index contributed by atoms with van der Waals surface area (Å²) in [5.74, 6) is 0.276. The maximum absolute atomic E-state index is 12.0. The number of likely N-dealkylation sites (N-methyl/N-ethyl adjacent to an activating group) is 1. The molecule has 23 heavy (non-hydrogen) atoms. The average Bonchev–Trinajstić information content (AvgIpc) is 2.90. The van der Waals surface area contributed by atoms with E-state index >= 15 is 0 Å². The van der Waals surface area contributed by atoms with E-state index in [-0.39, 0.29) is 11.4 Å². The van der Waals surface area contributed by atoms with Gasteiger partial charge in [-0.25, -0.2) is 0 Å². The van der Waals surface area contributed by atoms with Gasteiger partial charge < -0.3 is 4.90 Å². The van der Waals surface area contributed by atoms with Gasteiger partial charge in [0, 0.05) is 57.9 Å². The fourth-order valence-corrected chi connectivity index (χ4v) is 3.89. The molecule has 1 atom stereocenters. The minimum atomic E-state index is 0.125. The SMILES string of the molecule is CN1CC[C@@]2(CCC1=O)CN(CCn1cc(Cl)cn1)CCN2C. The van der Waals surface area contributed by atoms with Gasteiger partial charge in [-0.15, -0.1) is 0 Å². The van der Waals surface area contributed by atoms with E-state index in [0.717, 1.165) is 52.1 Å². The van der Waals surface area contributed by atoms with Crippen molar-refractivity contribution >= 4 is 17.5 Å². The lowest BCUT2D eigenvalue weighted by Gasteiger charge is -2.49. The van der Waals surface area contributed by atoms with Crippen LogP contribution in [0, 0.1) is 0 Å². The summed E-state index contributed by atoms with van der Waals surface area (Å²) in [6.07, 6.45) is 6.21. The molecule has 0 radical (unpaired) electrons.